The second kappa shape index (κ2) is 9.82. The van der Waals surface area contributed by atoms with E-state index < -0.39 is 28.5 Å². The molecule has 0 fully saturated rings. The van der Waals surface area contributed by atoms with E-state index in [1.165, 1.54) is 34.6 Å². The number of hydrogen-bond acceptors (Lipinski definition) is 6. The van der Waals surface area contributed by atoms with Crippen molar-refractivity contribution in [3.05, 3.63) is 59.7 Å². The average Bonchev–Trinajstić information content (AvgIpc) is 2.73. The van der Waals surface area contributed by atoms with Crippen molar-refractivity contribution in [1.29, 1.82) is 5.26 Å². The predicted molar refractivity (Wildman–Crippen MR) is 107 cm³/mol. The number of amides is 1. The van der Waals surface area contributed by atoms with E-state index in [4.69, 9.17) is 10.00 Å². The van der Waals surface area contributed by atoms with Crippen LogP contribution in [0.1, 0.15) is 29.8 Å². The normalized spacial score (nSPS) is 11.0. The van der Waals surface area contributed by atoms with Gasteiger partial charge in [0.15, 0.2) is 6.61 Å². The summed E-state index contributed by atoms with van der Waals surface area (Å²) in [6.07, 6.45) is 0. The summed E-state index contributed by atoms with van der Waals surface area (Å²) in [6.45, 7) is 3.51. The second-order valence-electron chi connectivity index (χ2n) is 5.93. The van der Waals surface area contributed by atoms with Gasteiger partial charge in [-0.3, -0.25) is 4.79 Å². The molecule has 9 heteroatoms. The molecule has 0 unspecified atom stereocenters. The maximum absolute atomic E-state index is 12.6. The summed E-state index contributed by atoms with van der Waals surface area (Å²) in [4.78, 5) is 24.2. The predicted octanol–water partition coefficient (Wildman–Crippen LogP) is 2.38. The summed E-state index contributed by atoms with van der Waals surface area (Å²) >= 11 is 0. The van der Waals surface area contributed by atoms with E-state index in [1.54, 1.807) is 32.0 Å². The molecular weight excluding hydrogens is 394 g/mol. The molecule has 1 amide bonds. The Bertz CT molecular complexity index is 1040. The van der Waals surface area contributed by atoms with Crippen molar-refractivity contribution >= 4 is 27.6 Å². The van der Waals surface area contributed by atoms with Gasteiger partial charge in [0, 0.05) is 18.8 Å². The maximum atomic E-state index is 12.6. The summed E-state index contributed by atoms with van der Waals surface area (Å²) < 4.78 is 31.4. The highest BCUT2D eigenvalue weighted by Gasteiger charge is 2.23. The molecule has 0 bridgehead atoms. The van der Waals surface area contributed by atoms with E-state index in [0.29, 0.717) is 24.3 Å². The third-order valence-corrected chi connectivity index (χ3v) is 6.07. The van der Waals surface area contributed by atoms with Gasteiger partial charge in [-0.05, 0) is 36.4 Å². The van der Waals surface area contributed by atoms with E-state index >= 15 is 0 Å². The number of carbonyl (C=O) groups excluding carboxylic acids is 2. The third-order valence-electron chi connectivity index (χ3n) is 4.02. The van der Waals surface area contributed by atoms with Crippen molar-refractivity contribution in [2.75, 3.05) is 25.0 Å². The average molecular weight is 415 g/mol. The molecule has 0 aliphatic rings. The van der Waals surface area contributed by atoms with Crippen LogP contribution in [-0.4, -0.2) is 44.3 Å². The first-order valence-corrected chi connectivity index (χ1v) is 10.3. The molecule has 0 atom stereocenters. The van der Waals surface area contributed by atoms with Gasteiger partial charge in [0.1, 0.15) is 0 Å². The molecule has 0 aliphatic heterocycles. The van der Waals surface area contributed by atoms with Crippen LogP contribution in [0.4, 0.5) is 5.69 Å². The Labute approximate surface area is 169 Å². The van der Waals surface area contributed by atoms with Crippen LogP contribution in [-0.2, 0) is 19.6 Å². The highest BCUT2D eigenvalue weighted by molar-refractivity contribution is 7.89. The van der Waals surface area contributed by atoms with Crippen LogP contribution in [0.15, 0.2) is 53.4 Å². The lowest BCUT2D eigenvalue weighted by Crippen LogP contribution is -2.30. The van der Waals surface area contributed by atoms with Gasteiger partial charge in [-0.2, -0.15) is 9.57 Å². The van der Waals surface area contributed by atoms with E-state index in [1.807, 2.05) is 6.07 Å². The number of nitrogens with one attached hydrogen (secondary N) is 1. The fourth-order valence-electron chi connectivity index (χ4n) is 2.57. The summed E-state index contributed by atoms with van der Waals surface area (Å²) in [5.41, 5.74) is 0.806. The standard InChI is InChI=1S/C20H21N3O5S/c1-3-23(4-2)29(26,27)18-10-6-8-16(12-18)20(25)28-14-19(24)22-17-9-5-7-15(11-17)13-21/h5-12H,3-4,14H2,1-2H3,(H,22,24). The van der Waals surface area contributed by atoms with Crippen LogP contribution < -0.4 is 5.32 Å². The lowest BCUT2D eigenvalue weighted by Gasteiger charge is -2.18. The highest BCUT2D eigenvalue weighted by Crippen LogP contribution is 2.17. The van der Waals surface area contributed by atoms with Gasteiger partial charge in [-0.1, -0.05) is 26.0 Å². The number of carbonyl (C=O) groups is 2. The quantitative estimate of drug-likeness (QED) is 0.662. The van der Waals surface area contributed by atoms with Gasteiger partial charge < -0.3 is 10.1 Å². The molecule has 29 heavy (non-hydrogen) atoms. The van der Waals surface area contributed by atoms with Crippen LogP contribution in [0.5, 0.6) is 0 Å². The summed E-state index contributed by atoms with van der Waals surface area (Å²) in [7, 11) is -3.72. The largest absolute Gasteiger partial charge is 0.452 e. The molecule has 152 valence electrons. The number of hydrogen-bond donors (Lipinski definition) is 1. The van der Waals surface area contributed by atoms with Gasteiger partial charge in [-0.25, -0.2) is 13.2 Å². The molecule has 2 aromatic rings. The van der Waals surface area contributed by atoms with Gasteiger partial charge >= 0.3 is 5.97 Å². The third kappa shape index (κ3) is 5.63. The van der Waals surface area contributed by atoms with Crippen molar-refractivity contribution in [2.24, 2.45) is 0 Å². The SMILES string of the molecule is CCN(CC)S(=O)(=O)c1cccc(C(=O)OCC(=O)Nc2cccc(C#N)c2)c1. The summed E-state index contributed by atoms with van der Waals surface area (Å²) in [6, 6.07) is 13.7. The first-order chi connectivity index (χ1) is 13.8. The van der Waals surface area contributed by atoms with E-state index in [9.17, 15) is 18.0 Å². The molecule has 0 aliphatic carbocycles. The summed E-state index contributed by atoms with van der Waals surface area (Å²) in [5.74, 6) is -1.40. The van der Waals surface area contributed by atoms with Crippen LogP contribution in [0.3, 0.4) is 0 Å². The fourth-order valence-corrected chi connectivity index (χ4v) is 4.08. The topological polar surface area (TPSA) is 117 Å². The first kappa shape index (κ1) is 22.1. The number of anilines is 1. The number of sulfonamides is 1. The fraction of sp³-hybridized carbons (Fsp3) is 0.250. The molecule has 2 aromatic carbocycles. The van der Waals surface area contributed by atoms with Gasteiger partial charge in [0.2, 0.25) is 10.0 Å². The number of benzene rings is 2. The van der Waals surface area contributed by atoms with Crippen LogP contribution in [0.25, 0.3) is 0 Å². The number of nitriles is 1. The molecule has 0 radical (unpaired) electrons. The van der Waals surface area contributed by atoms with Crippen molar-refractivity contribution < 1.29 is 22.7 Å². The van der Waals surface area contributed by atoms with Gasteiger partial charge in [-0.15, -0.1) is 0 Å². The molecule has 0 heterocycles. The Morgan fingerprint density at radius 3 is 2.45 bits per heavy atom. The highest BCUT2D eigenvalue weighted by atomic mass is 32.2. The van der Waals surface area contributed by atoms with Crippen LogP contribution in [0.2, 0.25) is 0 Å². The number of rotatable bonds is 8. The number of esters is 1. The Balaban J connectivity index is 2.04. The molecule has 8 nitrogen and oxygen atoms in total. The monoisotopic (exact) mass is 415 g/mol. The lowest BCUT2D eigenvalue weighted by atomic mass is 10.2. The zero-order valence-electron chi connectivity index (χ0n) is 16.1. The second-order valence-corrected chi connectivity index (χ2v) is 7.87. The van der Waals surface area contributed by atoms with Crippen molar-refractivity contribution in [3.8, 4) is 6.07 Å². The van der Waals surface area contributed by atoms with Crippen molar-refractivity contribution in [1.82, 2.24) is 4.31 Å². The van der Waals surface area contributed by atoms with Crippen molar-refractivity contribution in [2.45, 2.75) is 18.7 Å². The summed E-state index contributed by atoms with van der Waals surface area (Å²) in [5, 5.41) is 11.4. The maximum Gasteiger partial charge on any atom is 0.338 e. The van der Waals surface area contributed by atoms with Crippen molar-refractivity contribution in [3.63, 3.8) is 0 Å². The Kier molecular flexibility index (Phi) is 7.47. The van der Waals surface area contributed by atoms with Crippen LogP contribution >= 0.6 is 0 Å². The van der Waals surface area contributed by atoms with Crippen LogP contribution in [0, 0.1) is 11.3 Å². The number of nitrogens with zero attached hydrogens (tertiary/aromatic N) is 2. The van der Waals surface area contributed by atoms with Gasteiger partial charge in [0.05, 0.1) is 22.1 Å². The molecule has 0 saturated carbocycles. The zero-order valence-corrected chi connectivity index (χ0v) is 16.9. The molecule has 0 spiro atoms. The Hall–Kier alpha value is -3.22. The minimum absolute atomic E-state index is 0.0200. The molecular formula is C20H21N3O5S. The lowest BCUT2D eigenvalue weighted by molar-refractivity contribution is -0.119. The zero-order chi connectivity index (χ0) is 21.4. The molecule has 2 rings (SSSR count). The van der Waals surface area contributed by atoms with E-state index in [-0.39, 0.29) is 10.5 Å². The van der Waals surface area contributed by atoms with E-state index in [0.717, 1.165) is 0 Å². The Morgan fingerprint density at radius 1 is 1.10 bits per heavy atom. The molecule has 0 saturated heterocycles. The number of ether oxygens (including phenoxy) is 1. The first-order valence-electron chi connectivity index (χ1n) is 8.89. The Morgan fingerprint density at radius 2 is 1.79 bits per heavy atom. The molecule has 1 N–H and O–H groups in total. The minimum atomic E-state index is -3.72. The van der Waals surface area contributed by atoms with Gasteiger partial charge in [0.25, 0.3) is 5.91 Å². The van der Waals surface area contributed by atoms with E-state index in [2.05, 4.69) is 5.32 Å². The minimum Gasteiger partial charge on any atom is -0.452 e. The smallest absolute Gasteiger partial charge is 0.338 e. The molecule has 0 aromatic heterocycles.